The smallest absolute Gasteiger partial charge is 0.147 e. The van der Waals surface area contributed by atoms with Crippen LogP contribution in [0.15, 0.2) is 36.5 Å². The van der Waals surface area contributed by atoms with E-state index in [2.05, 4.69) is 4.98 Å². The number of nitriles is 1. The van der Waals surface area contributed by atoms with Gasteiger partial charge in [-0.1, -0.05) is 29.3 Å². The summed E-state index contributed by atoms with van der Waals surface area (Å²) < 4.78 is 5.54. The molecule has 0 atom stereocenters. The van der Waals surface area contributed by atoms with Crippen molar-refractivity contribution in [2.45, 2.75) is 6.61 Å². The number of halogens is 2. The Labute approximate surface area is 115 Å². The predicted octanol–water partition coefficient (Wildman–Crippen LogP) is 3.84. The van der Waals surface area contributed by atoms with Crippen LogP contribution < -0.4 is 4.74 Å². The van der Waals surface area contributed by atoms with Crippen molar-refractivity contribution in [1.29, 1.82) is 5.26 Å². The van der Waals surface area contributed by atoms with Crippen LogP contribution in [0.25, 0.3) is 0 Å². The van der Waals surface area contributed by atoms with E-state index in [1.54, 1.807) is 36.5 Å². The number of aromatic nitrogens is 1. The first-order chi connectivity index (χ1) is 8.69. The molecular weight excluding hydrogens is 271 g/mol. The van der Waals surface area contributed by atoms with Gasteiger partial charge in [0.25, 0.3) is 0 Å². The molecule has 0 unspecified atom stereocenters. The Bertz CT molecular complexity index is 588. The molecule has 3 nitrogen and oxygen atoms in total. The van der Waals surface area contributed by atoms with E-state index in [0.29, 0.717) is 21.5 Å². The number of benzene rings is 1. The van der Waals surface area contributed by atoms with Gasteiger partial charge in [-0.25, -0.2) is 4.98 Å². The highest BCUT2D eigenvalue weighted by Crippen LogP contribution is 2.24. The van der Waals surface area contributed by atoms with Crippen molar-refractivity contribution < 1.29 is 4.74 Å². The lowest BCUT2D eigenvalue weighted by Crippen LogP contribution is -1.99. The molecule has 0 saturated heterocycles. The molecule has 18 heavy (non-hydrogen) atoms. The van der Waals surface area contributed by atoms with E-state index in [9.17, 15) is 0 Å². The molecule has 0 saturated carbocycles. The van der Waals surface area contributed by atoms with Crippen LogP contribution >= 0.6 is 23.2 Å². The lowest BCUT2D eigenvalue weighted by atomic mass is 10.2. The van der Waals surface area contributed by atoms with Crippen LogP contribution in [0.3, 0.4) is 0 Å². The van der Waals surface area contributed by atoms with E-state index in [0.717, 1.165) is 5.56 Å². The highest BCUT2D eigenvalue weighted by Gasteiger charge is 2.04. The maximum absolute atomic E-state index is 8.89. The number of ether oxygens (including phenoxy) is 1. The Balaban J connectivity index is 2.14. The van der Waals surface area contributed by atoms with Gasteiger partial charge in [0.05, 0.1) is 0 Å². The van der Waals surface area contributed by atoms with Crippen LogP contribution in [0, 0.1) is 11.3 Å². The van der Waals surface area contributed by atoms with Gasteiger partial charge in [-0.05, 0) is 24.3 Å². The third-order valence-corrected chi connectivity index (χ3v) is 2.66. The first-order valence-corrected chi connectivity index (χ1v) is 5.87. The minimum atomic E-state index is 0.243. The minimum absolute atomic E-state index is 0.243. The Kier molecular flexibility index (Phi) is 4.03. The third-order valence-electron chi connectivity index (χ3n) is 2.23. The average molecular weight is 279 g/mol. The summed E-state index contributed by atoms with van der Waals surface area (Å²) in [6.45, 7) is 0.243. The summed E-state index contributed by atoms with van der Waals surface area (Å²) in [6.07, 6.45) is 1.57. The number of hydrogen-bond donors (Lipinski definition) is 0. The minimum Gasteiger partial charge on any atom is -0.489 e. The molecule has 2 rings (SSSR count). The molecule has 1 aromatic heterocycles. The quantitative estimate of drug-likeness (QED) is 0.857. The summed E-state index contributed by atoms with van der Waals surface area (Å²) in [5, 5.41) is 9.90. The van der Waals surface area contributed by atoms with Gasteiger partial charge in [0, 0.05) is 21.8 Å². The first kappa shape index (κ1) is 12.7. The van der Waals surface area contributed by atoms with E-state index < -0.39 is 0 Å². The van der Waals surface area contributed by atoms with Crippen molar-refractivity contribution >= 4 is 23.2 Å². The molecule has 1 aromatic carbocycles. The van der Waals surface area contributed by atoms with Gasteiger partial charge in [0.2, 0.25) is 0 Å². The van der Waals surface area contributed by atoms with E-state index in [1.165, 1.54) is 0 Å². The standard InChI is InChI=1S/C13H8Cl2N2O/c14-10-4-11(15)6-12(5-10)18-8-9-2-1-3-17-13(9)7-16/h1-6H,8H2. The molecule has 1 heterocycles. The van der Waals surface area contributed by atoms with Crippen molar-refractivity contribution in [3.63, 3.8) is 0 Å². The zero-order chi connectivity index (χ0) is 13.0. The fraction of sp³-hybridized carbons (Fsp3) is 0.0769. The zero-order valence-electron chi connectivity index (χ0n) is 9.23. The topological polar surface area (TPSA) is 45.9 Å². The zero-order valence-corrected chi connectivity index (χ0v) is 10.7. The third kappa shape index (κ3) is 3.13. The van der Waals surface area contributed by atoms with Crippen molar-refractivity contribution in [2.24, 2.45) is 0 Å². The van der Waals surface area contributed by atoms with Crippen LogP contribution in [0.4, 0.5) is 0 Å². The van der Waals surface area contributed by atoms with Crippen LogP contribution in [-0.2, 0) is 6.61 Å². The fourth-order valence-corrected chi connectivity index (χ4v) is 1.93. The first-order valence-electron chi connectivity index (χ1n) is 5.12. The van der Waals surface area contributed by atoms with Gasteiger partial charge in [-0.2, -0.15) is 5.26 Å². The lowest BCUT2D eigenvalue weighted by molar-refractivity contribution is 0.305. The molecule has 0 aliphatic heterocycles. The number of nitrogens with zero attached hydrogens (tertiary/aromatic N) is 2. The molecular formula is C13H8Cl2N2O. The maximum atomic E-state index is 8.89. The summed E-state index contributed by atoms with van der Waals surface area (Å²) in [5.74, 6) is 0.556. The van der Waals surface area contributed by atoms with Crippen LogP contribution in [0.5, 0.6) is 5.75 Å². The molecule has 5 heteroatoms. The van der Waals surface area contributed by atoms with Gasteiger partial charge >= 0.3 is 0 Å². The summed E-state index contributed by atoms with van der Waals surface area (Å²) in [5.41, 5.74) is 1.07. The summed E-state index contributed by atoms with van der Waals surface area (Å²) >= 11 is 11.7. The Morgan fingerprint density at radius 2 is 1.94 bits per heavy atom. The largest absolute Gasteiger partial charge is 0.489 e. The second-order valence-corrected chi connectivity index (χ2v) is 4.39. The van der Waals surface area contributed by atoms with E-state index >= 15 is 0 Å². The molecule has 0 N–H and O–H groups in total. The summed E-state index contributed by atoms with van der Waals surface area (Å²) in [7, 11) is 0. The van der Waals surface area contributed by atoms with Gasteiger partial charge in [0.1, 0.15) is 24.1 Å². The Morgan fingerprint density at radius 3 is 2.61 bits per heavy atom. The highest BCUT2D eigenvalue weighted by molar-refractivity contribution is 6.34. The van der Waals surface area contributed by atoms with Gasteiger partial charge in [0.15, 0.2) is 0 Å². The molecule has 0 radical (unpaired) electrons. The monoisotopic (exact) mass is 278 g/mol. The van der Waals surface area contributed by atoms with Crippen molar-refractivity contribution in [3.8, 4) is 11.8 Å². The average Bonchev–Trinajstić information content (AvgIpc) is 2.35. The van der Waals surface area contributed by atoms with Crippen LogP contribution in [0.2, 0.25) is 10.0 Å². The molecule has 0 aliphatic rings. The Hall–Kier alpha value is -1.76. The molecule has 0 fully saturated rings. The fourth-order valence-electron chi connectivity index (χ4n) is 1.43. The molecule has 0 aliphatic carbocycles. The number of hydrogen-bond acceptors (Lipinski definition) is 3. The van der Waals surface area contributed by atoms with E-state index in [-0.39, 0.29) is 6.61 Å². The summed E-state index contributed by atoms with van der Waals surface area (Å²) in [6, 6.07) is 10.5. The number of rotatable bonds is 3. The van der Waals surface area contributed by atoms with E-state index in [1.807, 2.05) is 6.07 Å². The van der Waals surface area contributed by atoms with Gasteiger partial charge in [-0.3, -0.25) is 0 Å². The normalized spacial score (nSPS) is 9.83. The Morgan fingerprint density at radius 1 is 1.22 bits per heavy atom. The van der Waals surface area contributed by atoms with Crippen molar-refractivity contribution in [1.82, 2.24) is 4.98 Å². The number of pyridine rings is 1. The second kappa shape index (κ2) is 5.72. The molecule has 0 bridgehead atoms. The van der Waals surface area contributed by atoms with E-state index in [4.69, 9.17) is 33.2 Å². The molecule has 0 spiro atoms. The SMILES string of the molecule is N#Cc1ncccc1COc1cc(Cl)cc(Cl)c1. The van der Waals surface area contributed by atoms with Gasteiger partial charge < -0.3 is 4.74 Å². The molecule has 2 aromatic rings. The highest BCUT2D eigenvalue weighted by atomic mass is 35.5. The second-order valence-electron chi connectivity index (χ2n) is 3.52. The molecule has 90 valence electrons. The maximum Gasteiger partial charge on any atom is 0.147 e. The summed E-state index contributed by atoms with van der Waals surface area (Å²) in [4.78, 5) is 3.95. The molecule has 0 amide bonds. The van der Waals surface area contributed by atoms with Crippen LogP contribution in [0.1, 0.15) is 11.3 Å². The van der Waals surface area contributed by atoms with Gasteiger partial charge in [-0.15, -0.1) is 0 Å². The van der Waals surface area contributed by atoms with Crippen molar-refractivity contribution in [3.05, 3.63) is 57.8 Å². The van der Waals surface area contributed by atoms with Crippen molar-refractivity contribution in [2.75, 3.05) is 0 Å². The van der Waals surface area contributed by atoms with Crippen LogP contribution in [-0.4, -0.2) is 4.98 Å². The predicted molar refractivity (Wildman–Crippen MR) is 69.7 cm³/mol. The lowest BCUT2D eigenvalue weighted by Gasteiger charge is -2.07.